The smallest absolute Gasteiger partial charge is 0.323 e. The molecule has 0 aromatic heterocycles. The Morgan fingerprint density at radius 3 is 1.07 bits per heavy atom. The van der Waals surface area contributed by atoms with Crippen LogP contribution >= 0.6 is 0 Å². The maximum Gasteiger partial charge on any atom is 0.323 e. The molecule has 2 aliphatic heterocycles. The van der Waals surface area contributed by atoms with E-state index in [-0.39, 0.29) is 24.1 Å². The number of carbonyl (C=O) groups excluding carboxylic acids is 4. The fourth-order valence-electron chi connectivity index (χ4n) is 5.40. The zero-order chi connectivity index (χ0) is 32.2. The maximum absolute atomic E-state index is 13.5. The van der Waals surface area contributed by atoms with Gasteiger partial charge in [0.05, 0.1) is 12.2 Å². The van der Waals surface area contributed by atoms with E-state index < -0.39 is 12.1 Å². The Hall–Kier alpha value is -2.36. The lowest BCUT2D eigenvalue weighted by Crippen LogP contribution is -2.52. The summed E-state index contributed by atoms with van der Waals surface area (Å²) in [4.78, 5) is 57.4. The number of esters is 2. The van der Waals surface area contributed by atoms with E-state index >= 15 is 0 Å². The molecule has 4 N–H and O–H groups in total. The van der Waals surface area contributed by atoms with Crippen molar-refractivity contribution in [3.8, 4) is 0 Å². The minimum absolute atomic E-state index is 0.257. The Bertz CT molecular complexity index is 741. The Kier molecular flexibility index (Phi) is 19.1. The summed E-state index contributed by atoms with van der Waals surface area (Å²) < 4.78 is 11.5. The summed E-state index contributed by atoms with van der Waals surface area (Å²) in [7, 11) is 0. The third-order valence-corrected chi connectivity index (χ3v) is 7.75. The van der Waals surface area contributed by atoms with Crippen molar-refractivity contribution in [2.45, 2.75) is 64.8 Å². The lowest BCUT2D eigenvalue weighted by molar-refractivity contribution is -0.157. The van der Waals surface area contributed by atoms with Crippen molar-refractivity contribution in [3.63, 3.8) is 0 Å². The molecule has 44 heavy (non-hydrogen) atoms. The summed E-state index contributed by atoms with van der Waals surface area (Å²) in [6.45, 7) is 17.7. The van der Waals surface area contributed by atoms with Crippen LogP contribution in [0.2, 0.25) is 0 Å². The monoisotopic (exact) mass is 626 g/mol. The molecule has 2 heterocycles. The van der Waals surface area contributed by atoms with Crippen LogP contribution in [0.1, 0.15) is 40.5 Å². The number of hydrogen-bond acceptors (Lipinski definition) is 12. The van der Waals surface area contributed by atoms with Crippen molar-refractivity contribution in [2.75, 3.05) is 105 Å². The molecule has 2 rings (SSSR count). The van der Waals surface area contributed by atoms with E-state index in [9.17, 15) is 19.2 Å². The van der Waals surface area contributed by atoms with Gasteiger partial charge in [-0.05, 0) is 40.5 Å². The van der Waals surface area contributed by atoms with Crippen molar-refractivity contribution in [3.05, 3.63) is 0 Å². The van der Waals surface area contributed by atoms with E-state index in [1.807, 2.05) is 27.7 Å². The average Bonchev–Trinajstić information content (AvgIpc) is 2.96. The molecular weight excluding hydrogens is 568 g/mol. The Morgan fingerprint density at radius 1 is 0.545 bits per heavy atom. The molecular formula is C30H58N8O6. The first-order valence-electron chi connectivity index (χ1n) is 16.4. The number of nitrogens with zero attached hydrogens (tertiary/aromatic N) is 4. The number of hydrogen-bond donors (Lipinski definition) is 4. The van der Waals surface area contributed by atoms with Crippen LogP contribution in [0.3, 0.4) is 0 Å². The highest BCUT2D eigenvalue weighted by Crippen LogP contribution is 2.17. The largest absolute Gasteiger partial charge is 0.462 e. The van der Waals surface area contributed by atoms with E-state index in [0.717, 1.165) is 12.8 Å². The van der Waals surface area contributed by atoms with Crippen molar-refractivity contribution in [2.24, 2.45) is 0 Å². The van der Waals surface area contributed by atoms with Crippen LogP contribution in [0.15, 0.2) is 0 Å². The number of amides is 2. The normalized spacial score (nSPS) is 21.2. The molecule has 2 fully saturated rings. The van der Waals surface area contributed by atoms with Gasteiger partial charge >= 0.3 is 11.9 Å². The minimum atomic E-state index is -0.525. The molecule has 0 aromatic rings. The van der Waals surface area contributed by atoms with Gasteiger partial charge in [0.1, 0.15) is 12.1 Å². The van der Waals surface area contributed by atoms with E-state index in [2.05, 4.69) is 31.1 Å². The molecule has 254 valence electrons. The molecule has 2 amide bonds. The van der Waals surface area contributed by atoms with Crippen LogP contribution < -0.4 is 21.3 Å². The predicted octanol–water partition coefficient (Wildman–Crippen LogP) is -1.69. The highest BCUT2D eigenvalue weighted by molar-refractivity contribution is 5.77. The first-order chi connectivity index (χ1) is 21.2. The van der Waals surface area contributed by atoms with Gasteiger partial charge in [-0.1, -0.05) is 0 Å². The lowest BCUT2D eigenvalue weighted by atomic mass is 10.0. The van der Waals surface area contributed by atoms with Gasteiger partial charge in [0.2, 0.25) is 12.8 Å². The topological polar surface area (TPSA) is 148 Å². The summed E-state index contributed by atoms with van der Waals surface area (Å²) >= 11 is 0. The Balaban J connectivity index is 2.21. The number of carbonyl (C=O) groups is 4. The Morgan fingerprint density at radius 2 is 0.818 bits per heavy atom. The van der Waals surface area contributed by atoms with Crippen molar-refractivity contribution in [1.29, 1.82) is 0 Å². The summed E-state index contributed by atoms with van der Waals surface area (Å²) in [6, 6.07) is -1.05. The number of rotatable bonds is 11. The summed E-state index contributed by atoms with van der Waals surface area (Å²) in [6.07, 6.45) is 2.12. The fourth-order valence-corrected chi connectivity index (χ4v) is 5.40. The van der Waals surface area contributed by atoms with E-state index in [0.29, 0.717) is 118 Å². The molecule has 0 bridgehead atoms. The molecule has 2 unspecified atom stereocenters. The van der Waals surface area contributed by atoms with Crippen LogP contribution in [0, 0.1) is 0 Å². The van der Waals surface area contributed by atoms with Gasteiger partial charge in [0, 0.05) is 105 Å². The number of ether oxygens (including phenoxy) is 2. The summed E-state index contributed by atoms with van der Waals surface area (Å²) in [5.74, 6) is -0.570. The SMILES string of the molecule is CC(C)OC(=O)C(CCC(C(=O)OC(C)C)N1CCNCCN(C=O)CCNCC1)N1CCNCCN(C=O)CCNCC1. The van der Waals surface area contributed by atoms with Gasteiger partial charge in [0.25, 0.3) is 0 Å². The van der Waals surface area contributed by atoms with Crippen LogP contribution in [0.5, 0.6) is 0 Å². The van der Waals surface area contributed by atoms with Crippen LogP contribution in [-0.4, -0.2) is 173 Å². The predicted molar refractivity (Wildman–Crippen MR) is 169 cm³/mol. The second-order valence-corrected chi connectivity index (χ2v) is 11.9. The van der Waals surface area contributed by atoms with E-state index in [4.69, 9.17) is 9.47 Å². The third kappa shape index (κ3) is 15.1. The highest BCUT2D eigenvalue weighted by atomic mass is 16.5. The fraction of sp³-hybridized carbons (Fsp3) is 0.867. The maximum atomic E-state index is 13.5. The first kappa shape index (κ1) is 37.8. The molecule has 2 aliphatic rings. The minimum Gasteiger partial charge on any atom is -0.462 e. The Labute approximate surface area is 263 Å². The standard InChI is InChI=1S/C30H58N8O6/c1-25(2)43-29(41)27(37-19-11-31-7-15-35(23-39)16-8-32-12-20-37)5-6-28(30(42)44-26(3)4)38-21-13-33-9-17-36(24-40)18-10-34-14-22-38/h23-28,31-34H,5-22H2,1-4H3. The van der Waals surface area contributed by atoms with Gasteiger partial charge in [-0.15, -0.1) is 0 Å². The first-order valence-corrected chi connectivity index (χ1v) is 16.4. The van der Waals surface area contributed by atoms with Gasteiger partial charge in [-0.25, -0.2) is 0 Å². The molecule has 2 atom stereocenters. The molecule has 14 nitrogen and oxygen atoms in total. The van der Waals surface area contributed by atoms with E-state index in [1.165, 1.54) is 0 Å². The van der Waals surface area contributed by atoms with E-state index in [1.54, 1.807) is 9.80 Å². The van der Waals surface area contributed by atoms with Crippen LogP contribution in [0.25, 0.3) is 0 Å². The molecule has 0 saturated carbocycles. The summed E-state index contributed by atoms with van der Waals surface area (Å²) in [5, 5.41) is 13.6. The van der Waals surface area contributed by atoms with Gasteiger partial charge < -0.3 is 40.5 Å². The third-order valence-electron chi connectivity index (χ3n) is 7.75. The molecule has 2 saturated heterocycles. The van der Waals surface area contributed by atoms with Gasteiger partial charge in [-0.2, -0.15) is 0 Å². The molecule has 0 aromatic carbocycles. The number of nitrogens with one attached hydrogen (secondary N) is 4. The lowest BCUT2D eigenvalue weighted by Gasteiger charge is -2.35. The van der Waals surface area contributed by atoms with Gasteiger partial charge in [0.15, 0.2) is 0 Å². The zero-order valence-corrected chi connectivity index (χ0v) is 27.4. The van der Waals surface area contributed by atoms with Crippen LogP contribution in [0.4, 0.5) is 0 Å². The summed E-state index contributed by atoms with van der Waals surface area (Å²) in [5.41, 5.74) is 0. The highest BCUT2D eigenvalue weighted by Gasteiger charge is 2.33. The van der Waals surface area contributed by atoms with Crippen LogP contribution in [-0.2, 0) is 28.7 Å². The molecule has 0 aliphatic carbocycles. The van der Waals surface area contributed by atoms with Crippen molar-refractivity contribution < 1.29 is 28.7 Å². The molecule has 0 spiro atoms. The molecule has 14 heteroatoms. The zero-order valence-electron chi connectivity index (χ0n) is 27.4. The van der Waals surface area contributed by atoms with Crippen molar-refractivity contribution in [1.82, 2.24) is 40.9 Å². The molecule has 0 radical (unpaired) electrons. The quantitative estimate of drug-likeness (QED) is 0.153. The van der Waals surface area contributed by atoms with Gasteiger partial charge in [-0.3, -0.25) is 29.0 Å². The second kappa shape index (κ2) is 22.2. The second-order valence-electron chi connectivity index (χ2n) is 11.9. The average molecular weight is 627 g/mol. The van der Waals surface area contributed by atoms with Crippen molar-refractivity contribution >= 4 is 24.8 Å².